The summed E-state index contributed by atoms with van der Waals surface area (Å²) in [6, 6.07) is 17.0. The molecule has 0 heterocycles. The summed E-state index contributed by atoms with van der Waals surface area (Å²) in [5.74, 6) is 0.577. The van der Waals surface area contributed by atoms with E-state index in [0.717, 1.165) is 16.9 Å². The molecule has 0 aliphatic carbocycles. The highest BCUT2D eigenvalue weighted by atomic mass is 16.5. The first-order chi connectivity index (χ1) is 9.78. The summed E-state index contributed by atoms with van der Waals surface area (Å²) < 4.78 is 5.11. The lowest BCUT2D eigenvalue weighted by Crippen LogP contribution is -2.19. The molecule has 0 saturated heterocycles. The van der Waals surface area contributed by atoms with Gasteiger partial charge in [0.05, 0.1) is 19.7 Å². The van der Waals surface area contributed by atoms with Gasteiger partial charge in [-0.05, 0) is 23.3 Å². The van der Waals surface area contributed by atoms with E-state index < -0.39 is 0 Å². The Hall–Kier alpha value is -2.62. The fraction of sp³-hybridized carbons (Fsp3) is 0.125. The smallest absolute Gasteiger partial charge is 0.244 e. The second kappa shape index (κ2) is 7.09. The maximum absolute atomic E-state index is 11.7. The van der Waals surface area contributed by atoms with Crippen LogP contribution < -0.4 is 10.2 Å². The summed E-state index contributed by atoms with van der Waals surface area (Å²) in [5.41, 5.74) is 4.33. The fourth-order valence-corrected chi connectivity index (χ4v) is 1.73. The van der Waals surface area contributed by atoms with E-state index in [1.165, 1.54) is 0 Å². The third-order valence-electron chi connectivity index (χ3n) is 2.70. The molecule has 20 heavy (non-hydrogen) atoms. The van der Waals surface area contributed by atoms with E-state index in [2.05, 4.69) is 10.5 Å². The molecule has 4 heteroatoms. The van der Waals surface area contributed by atoms with Crippen molar-refractivity contribution >= 4 is 12.1 Å². The van der Waals surface area contributed by atoms with Crippen LogP contribution in [0, 0.1) is 0 Å². The zero-order valence-corrected chi connectivity index (χ0v) is 11.2. The SMILES string of the molecule is COc1cccc(CC(=O)N/N=C/c2ccccc2)c1. The van der Waals surface area contributed by atoms with E-state index in [-0.39, 0.29) is 12.3 Å². The van der Waals surface area contributed by atoms with Crippen LogP contribution in [0.25, 0.3) is 0 Å². The topological polar surface area (TPSA) is 50.7 Å². The van der Waals surface area contributed by atoms with Gasteiger partial charge in [-0.25, -0.2) is 5.43 Å². The Morgan fingerprint density at radius 3 is 2.75 bits per heavy atom. The highest BCUT2D eigenvalue weighted by Gasteiger charge is 2.02. The van der Waals surface area contributed by atoms with Crippen molar-refractivity contribution in [2.24, 2.45) is 5.10 Å². The van der Waals surface area contributed by atoms with Crippen molar-refractivity contribution < 1.29 is 9.53 Å². The Morgan fingerprint density at radius 1 is 1.20 bits per heavy atom. The van der Waals surface area contributed by atoms with Crippen LogP contribution in [0.4, 0.5) is 0 Å². The Labute approximate surface area is 118 Å². The van der Waals surface area contributed by atoms with Crippen molar-refractivity contribution in [2.75, 3.05) is 7.11 Å². The van der Waals surface area contributed by atoms with E-state index in [1.807, 2.05) is 54.6 Å². The number of carbonyl (C=O) groups excluding carboxylic acids is 1. The number of hydrogen-bond acceptors (Lipinski definition) is 3. The highest BCUT2D eigenvalue weighted by Crippen LogP contribution is 2.12. The zero-order valence-electron chi connectivity index (χ0n) is 11.2. The van der Waals surface area contributed by atoms with Gasteiger partial charge in [-0.2, -0.15) is 5.10 Å². The maximum atomic E-state index is 11.7. The van der Waals surface area contributed by atoms with Crippen molar-refractivity contribution in [3.05, 3.63) is 65.7 Å². The van der Waals surface area contributed by atoms with Crippen LogP contribution in [0.1, 0.15) is 11.1 Å². The van der Waals surface area contributed by atoms with Crippen molar-refractivity contribution in [2.45, 2.75) is 6.42 Å². The second-order valence-corrected chi connectivity index (χ2v) is 4.23. The molecular weight excluding hydrogens is 252 g/mol. The molecule has 0 aliphatic rings. The standard InChI is InChI=1S/C16H16N2O2/c1-20-15-9-5-8-14(10-15)11-16(19)18-17-12-13-6-3-2-4-7-13/h2-10,12H,11H2,1H3,(H,18,19)/b17-12+. The number of hydrogen-bond donors (Lipinski definition) is 1. The van der Waals surface area contributed by atoms with Gasteiger partial charge in [0.25, 0.3) is 0 Å². The molecule has 2 aromatic carbocycles. The fourth-order valence-electron chi connectivity index (χ4n) is 1.73. The number of benzene rings is 2. The predicted octanol–water partition coefficient (Wildman–Crippen LogP) is 2.39. The summed E-state index contributed by atoms with van der Waals surface area (Å²) >= 11 is 0. The molecule has 1 N–H and O–H groups in total. The van der Waals surface area contributed by atoms with Gasteiger partial charge in [-0.15, -0.1) is 0 Å². The number of hydrazone groups is 1. The van der Waals surface area contributed by atoms with Gasteiger partial charge >= 0.3 is 0 Å². The van der Waals surface area contributed by atoms with Crippen molar-refractivity contribution in [1.82, 2.24) is 5.43 Å². The van der Waals surface area contributed by atoms with Gasteiger partial charge in [-0.3, -0.25) is 4.79 Å². The van der Waals surface area contributed by atoms with Gasteiger partial charge < -0.3 is 4.74 Å². The van der Waals surface area contributed by atoms with Crippen LogP contribution in [0.15, 0.2) is 59.7 Å². The van der Waals surface area contributed by atoms with E-state index in [1.54, 1.807) is 13.3 Å². The Balaban J connectivity index is 1.88. The van der Waals surface area contributed by atoms with Crippen molar-refractivity contribution in [3.8, 4) is 5.75 Å². The molecule has 0 fully saturated rings. The van der Waals surface area contributed by atoms with Gasteiger partial charge in [0.15, 0.2) is 0 Å². The van der Waals surface area contributed by atoms with Crippen LogP contribution in [-0.2, 0) is 11.2 Å². The molecule has 0 radical (unpaired) electrons. The summed E-state index contributed by atoms with van der Waals surface area (Å²) in [6.07, 6.45) is 1.88. The Kier molecular flexibility index (Phi) is 4.89. The zero-order chi connectivity index (χ0) is 14.2. The van der Waals surface area contributed by atoms with Crippen molar-refractivity contribution in [1.29, 1.82) is 0 Å². The first kappa shape index (κ1) is 13.8. The third kappa shape index (κ3) is 4.24. The number of methoxy groups -OCH3 is 1. The molecule has 0 unspecified atom stereocenters. The largest absolute Gasteiger partial charge is 0.497 e. The normalized spacial score (nSPS) is 10.4. The van der Waals surface area contributed by atoms with Crippen LogP contribution in [0.5, 0.6) is 5.75 Å². The summed E-state index contributed by atoms with van der Waals surface area (Å²) in [5, 5.41) is 3.92. The van der Waals surface area contributed by atoms with Gasteiger partial charge in [0.1, 0.15) is 5.75 Å². The molecule has 2 aromatic rings. The van der Waals surface area contributed by atoms with Crippen LogP contribution in [0.2, 0.25) is 0 Å². The first-order valence-corrected chi connectivity index (χ1v) is 6.28. The molecule has 0 aromatic heterocycles. The lowest BCUT2D eigenvalue weighted by atomic mass is 10.1. The number of nitrogens with one attached hydrogen (secondary N) is 1. The average molecular weight is 268 g/mol. The number of nitrogens with zero attached hydrogens (tertiary/aromatic N) is 1. The Morgan fingerprint density at radius 2 is 2.00 bits per heavy atom. The van der Waals surface area contributed by atoms with E-state index in [4.69, 9.17) is 4.74 Å². The number of amides is 1. The molecule has 1 amide bonds. The van der Waals surface area contributed by atoms with Crippen molar-refractivity contribution in [3.63, 3.8) is 0 Å². The van der Waals surface area contributed by atoms with E-state index in [9.17, 15) is 4.79 Å². The monoisotopic (exact) mass is 268 g/mol. The molecule has 0 bridgehead atoms. The minimum atomic E-state index is -0.162. The maximum Gasteiger partial charge on any atom is 0.244 e. The summed E-state index contributed by atoms with van der Waals surface area (Å²) in [6.45, 7) is 0. The number of rotatable bonds is 5. The van der Waals surface area contributed by atoms with E-state index >= 15 is 0 Å². The van der Waals surface area contributed by atoms with E-state index in [0.29, 0.717) is 0 Å². The number of carbonyl (C=O) groups is 1. The van der Waals surface area contributed by atoms with Crippen LogP contribution in [-0.4, -0.2) is 19.2 Å². The minimum Gasteiger partial charge on any atom is -0.497 e. The average Bonchev–Trinajstić information content (AvgIpc) is 2.48. The van der Waals surface area contributed by atoms with Crippen LogP contribution in [0.3, 0.4) is 0 Å². The summed E-state index contributed by atoms with van der Waals surface area (Å²) in [7, 11) is 1.60. The molecule has 0 aliphatic heterocycles. The number of ether oxygens (including phenoxy) is 1. The molecule has 0 atom stereocenters. The minimum absolute atomic E-state index is 0.162. The lowest BCUT2D eigenvalue weighted by molar-refractivity contribution is -0.120. The van der Waals surface area contributed by atoms with Gasteiger partial charge in [0.2, 0.25) is 5.91 Å². The molecule has 0 spiro atoms. The van der Waals surface area contributed by atoms with Gasteiger partial charge in [-0.1, -0.05) is 42.5 Å². The quantitative estimate of drug-likeness (QED) is 0.668. The second-order valence-electron chi connectivity index (χ2n) is 4.23. The lowest BCUT2D eigenvalue weighted by Gasteiger charge is -2.03. The molecule has 102 valence electrons. The molecule has 0 saturated carbocycles. The first-order valence-electron chi connectivity index (χ1n) is 6.28. The highest BCUT2D eigenvalue weighted by molar-refractivity contribution is 5.83. The van der Waals surface area contributed by atoms with Gasteiger partial charge in [0, 0.05) is 0 Å². The summed E-state index contributed by atoms with van der Waals surface area (Å²) in [4.78, 5) is 11.7. The van der Waals surface area contributed by atoms with Crippen LogP contribution >= 0.6 is 0 Å². The third-order valence-corrected chi connectivity index (χ3v) is 2.70. The molecule has 2 rings (SSSR count). The molecular formula is C16H16N2O2. The molecule has 4 nitrogen and oxygen atoms in total. The predicted molar refractivity (Wildman–Crippen MR) is 78.9 cm³/mol. The Bertz CT molecular complexity index is 594.